The van der Waals surface area contributed by atoms with Gasteiger partial charge in [0.05, 0.1) is 6.61 Å². The summed E-state index contributed by atoms with van der Waals surface area (Å²) in [6.07, 6.45) is 25.2. The van der Waals surface area contributed by atoms with E-state index in [0.29, 0.717) is 6.42 Å². The average molecular weight is 475 g/mol. The van der Waals surface area contributed by atoms with Gasteiger partial charge in [0.2, 0.25) is 0 Å². The number of esters is 1. The summed E-state index contributed by atoms with van der Waals surface area (Å²) in [7, 11) is -4.68. The Labute approximate surface area is 191 Å². The highest BCUT2D eigenvalue weighted by molar-refractivity contribution is 7.46. The lowest BCUT2D eigenvalue weighted by Crippen LogP contribution is -2.25. The van der Waals surface area contributed by atoms with E-state index in [9.17, 15) is 9.36 Å². The maximum Gasteiger partial charge on any atom is 0.469 e. The van der Waals surface area contributed by atoms with E-state index in [1.54, 1.807) is 0 Å². The van der Waals surface area contributed by atoms with E-state index in [1.165, 1.54) is 25.7 Å². The Morgan fingerprint density at radius 1 is 0.844 bits per heavy atom. The van der Waals surface area contributed by atoms with Crippen LogP contribution in [-0.4, -0.2) is 40.3 Å². The second-order valence-corrected chi connectivity index (χ2v) is 8.42. The van der Waals surface area contributed by atoms with Gasteiger partial charge in [-0.2, -0.15) is 0 Å². The zero-order valence-corrected chi connectivity index (χ0v) is 19.9. The molecule has 8 nitrogen and oxygen atoms in total. The molecular weight excluding hydrogens is 435 g/mol. The number of carbonyl (C=O) groups is 1. The molecule has 9 heteroatoms. The van der Waals surface area contributed by atoms with E-state index in [0.717, 1.165) is 25.7 Å². The van der Waals surface area contributed by atoms with Crippen LogP contribution >= 0.6 is 7.82 Å². The second-order valence-electron chi connectivity index (χ2n) is 7.18. The monoisotopic (exact) mass is 474 g/mol. The SMILES string of the molecule is CCCCCC=CCC=CCC=CCC=CCCCC(=O)OC[C@H](COP(=O)(O)O)OO. The minimum Gasteiger partial charge on any atom is -0.463 e. The molecule has 0 aliphatic rings. The number of hydrogen-bond acceptors (Lipinski definition) is 6. The molecule has 0 bridgehead atoms. The highest BCUT2D eigenvalue weighted by Crippen LogP contribution is 2.35. The molecular formula is C23H39O8P. The summed E-state index contributed by atoms with van der Waals surface area (Å²) in [5.74, 6) is -0.487. The number of unbranched alkanes of at least 4 members (excludes halogenated alkanes) is 4. The van der Waals surface area contributed by atoms with Crippen LogP contribution in [0.15, 0.2) is 48.6 Å². The summed E-state index contributed by atoms with van der Waals surface area (Å²) in [6, 6.07) is 0. The van der Waals surface area contributed by atoms with Crippen molar-refractivity contribution >= 4 is 13.8 Å². The molecule has 0 amide bonds. The van der Waals surface area contributed by atoms with Crippen LogP contribution in [0, 0.1) is 0 Å². The summed E-state index contributed by atoms with van der Waals surface area (Å²) in [6.45, 7) is 1.25. The van der Waals surface area contributed by atoms with E-state index in [1.807, 2.05) is 12.2 Å². The zero-order chi connectivity index (χ0) is 23.9. The maximum absolute atomic E-state index is 11.6. The summed E-state index contributed by atoms with van der Waals surface area (Å²) in [5, 5.41) is 8.62. The first kappa shape index (κ1) is 30.5. The third-order valence-corrected chi connectivity index (χ3v) is 4.70. The topological polar surface area (TPSA) is 123 Å². The molecule has 0 saturated heterocycles. The highest BCUT2D eigenvalue weighted by atomic mass is 31.2. The lowest BCUT2D eigenvalue weighted by molar-refractivity contribution is -0.290. The van der Waals surface area contributed by atoms with Crippen LogP contribution in [0.2, 0.25) is 0 Å². The molecule has 1 atom stereocenters. The molecule has 0 unspecified atom stereocenters. The van der Waals surface area contributed by atoms with Gasteiger partial charge in [-0.05, 0) is 44.9 Å². The van der Waals surface area contributed by atoms with Crippen molar-refractivity contribution < 1.29 is 38.6 Å². The predicted molar refractivity (Wildman–Crippen MR) is 125 cm³/mol. The molecule has 0 aliphatic carbocycles. The Bertz CT molecular complexity index is 621. The number of carbonyl (C=O) groups excluding carboxylic acids is 1. The van der Waals surface area contributed by atoms with Gasteiger partial charge in [0.1, 0.15) is 6.61 Å². The van der Waals surface area contributed by atoms with Crippen molar-refractivity contribution in [2.24, 2.45) is 0 Å². The van der Waals surface area contributed by atoms with Crippen molar-refractivity contribution in [2.75, 3.05) is 13.2 Å². The molecule has 0 aromatic rings. The van der Waals surface area contributed by atoms with Crippen molar-refractivity contribution in [1.82, 2.24) is 0 Å². The van der Waals surface area contributed by atoms with E-state index >= 15 is 0 Å². The Morgan fingerprint density at radius 2 is 1.38 bits per heavy atom. The fourth-order valence-corrected chi connectivity index (χ4v) is 2.83. The highest BCUT2D eigenvalue weighted by Gasteiger charge is 2.20. The molecule has 32 heavy (non-hydrogen) atoms. The molecule has 0 aromatic heterocycles. The summed E-state index contributed by atoms with van der Waals surface area (Å²) < 4.78 is 19.7. The largest absolute Gasteiger partial charge is 0.469 e. The van der Waals surface area contributed by atoms with Crippen LogP contribution in [-0.2, 0) is 23.5 Å². The van der Waals surface area contributed by atoms with Gasteiger partial charge in [0, 0.05) is 6.42 Å². The van der Waals surface area contributed by atoms with Crippen LogP contribution in [0.5, 0.6) is 0 Å². The quantitative estimate of drug-likeness (QED) is 0.0517. The number of allylic oxidation sites excluding steroid dienone is 8. The van der Waals surface area contributed by atoms with Crippen molar-refractivity contribution in [2.45, 2.75) is 77.2 Å². The van der Waals surface area contributed by atoms with E-state index < -0.39 is 26.5 Å². The number of hydrogen-bond donors (Lipinski definition) is 3. The standard InChI is InChI=1S/C23H39O8P/c1-2-3-4-5-6-7-8-9-10-11-12-13-14-15-16-17-18-19-23(24)29-20-22(31-25)21-30-32(26,27)28/h6-7,9-10,12-13,15-16,22,25H,2-5,8,11,14,17-21H2,1H3,(H2,26,27,28)/t22-/m1/s1. The van der Waals surface area contributed by atoms with Crippen LogP contribution in [0.4, 0.5) is 0 Å². The van der Waals surface area contributed by atoms with Crippen molar-refractivity contribution in [1.29, 1.82) is 0 Å². The summed E-state index contributed by atoms with van der Waals surface area (Å²) in [5.41, 5.74) is 0. The smallest absolute Gasteiger partial charge is 0.463 e. The molecule has 0 radical (unpaired) electrons. The fourth-order valence-electron chi connectivity index (χ4n) is 2.47. The Morgan fingerprint density at radius 3 is 1.88 bits per heavy atom. The fraction of sp³-hybridized carbons (Fsp3) is 0.609. The number of ether oxygens (including phenoxy) is 1. The molecule has 0 aromatic carbocycles. The van der Waals surface area contributed by atoms with Gasteiger partial charge < -0.3 is 14.5 Å². The Balaban J connectivity index is 3.69. The second kappa shape index (κ2) is 21.3. The maximum atomic E-state index is 11.6. The van der Waals surface area contributed by atoms with Gasteiger partial charge in [-0.3, -0.25) is 14.6 Å². The van der Waals surface area contributed by atoms with E-state index in [-0.39, 0.29) is 13.0 Å². The van der Waals surface area contributed by atoms with Gasteiger partial charge in [-0.25, -0.2) is 9.45 Å². The average Bonchev–Trinajstić information content (AvgIpc) is 2.75. The van der Waals surface area contributed by atoms with E-state index in [4.69, 9.17) is 19.8 Å². The van der Waals surface area contributed by atoms with Gasteiger partial charge >= 0.3 is 13.8 Å². The predicted octanol–water partition coefficient (Wildman–Crippen LogP) is 5.64. The molecule has 184 valence electrons. The third-order valence-electron chi connectivity index (χ3n) is 4.22. The lowest BCUT2D eigenvalue weighted by atomic mass is 10.2. The molecule has 0 rings (SSSR count). The first-order valence-corrected chi connectivity index (χ1v) is 12.7. The third kappa shape index (κ3) is 23.1. The minimum atomic E-state index is -4.68. The van der Waals surface area contributed by atoms with Crippen molar-refractivity contribution in [3.05, 3.63) is 48.6 Å². The zero-order valence-electron chi connectivity index (χ0n) is 19.0. The van der Waals surface area contributed by atoms with Gasteiger partial charge in [0.15, 0.2) is 6.10 Å². The number of phosphoric acid groups is 1. The minimum absolute atomic E-state index is 0.190. The molecule has 0 aliphatic heterocycles. The molecule has 0 spiro atoms. The van der Waals surface area contributed by atoms with Crippen LogP contribution < -0.4 is 0 Å². The Hall–Kier alpha value is -1.54. The Kier molecular flexibility index (Phi) is 20.3. The first-order valence-electron chi connectivity index (χ1n) is 11.1. The first-order chi connectivity index (χ1) is 15.4. The van der Waals surface area contributed by atoms with Gasteiger partial charge in [0.25, 0.3) is 0 Å². The van der Waals surface area contributed by atoms with Crippen LogP contribution in [0.3, 0.4) is 0 Å². The summed E-state index contributed by atoms with van der Waals surface area (Å²) in [4.78, 5) is 32.8. The van der Waals surface area contributed by atoms with Crippen LogP contribution in [0.25, 0.3) is 0 Å². The molecule has 0 saturated carbocycles. The van der Waals surface area contributed by atoms with E-state index in [2.05, 4.69) is 52.8 Å². The van der Waals surface area contributed by atoms with Gasteiger partial charge in [-0.15, -0.1) is 0 Å². The van der Waals surface area contributed by atoms with Crippen molar-refractivity contribution in [3.63, 3.8) is 0 Å². The van der Waals surface area contributed by atoms with Crippen molar-refractivity contribution in [3.8, 4) is 0 Å². The summed E-state index contributed by atoms with van der Waals surface area (Å²) >= 11 is 0. The molecule has 0 fully saturated rings. The lowest BCUT2D eigenvalue weighted by Gasteiger charge is -2.14. The number of phosphoric ester groups is 1. The number of rotatable bonds is 20. The van der Waals surface area contributed by atoms with Crippen LogP contribution in [0.1, 0.15) is 71.1 Å². The normalized spacial score (nSPS) is 13.8. The molecule has 0 heterocycles. The molecule has 3 N–H and O–H groups in total. The van der Waals surface area contributed by atoms with Gasteiger partial charge in [-0.1, -0.05) is 68.4 Å².